The Morgan fingerprint density at radius 2 is 1.76 bits per heavy atom. The number of nitrogens with one attached hydrogen (secondary N) is 2. The number of carbonyl (C=O) groups excluding carboxylic acids is 2. The van der Waals surface area contributed by atoms with Crippen molar-refractivity contribution in [3.05, 3.63) is 69.8 Å². The van der Waals surface area contributed by atoms with Crippen LogP contribution < -0.4 is 10.6 Å². The fraction of sp³-hybridized carbons (Fsp3) is 0.320. The second-order valence-corrected chi connectivity index (χ2v) is 10.6. The Morgan fingerprint density at radius 3 is 2.35 bits per heavy atom. The minimum Gasteiger partial charge on any atom is -0.313 e. The summed E-state index contributed by atoms with van der Waals surface area (Å²) in [6, 6.07) is 15.8. The Balaban J connectivity index is 1.81. The molecule has 0 spiro atoms. The predicted octanol–water partition coefficient (Wildman–Crippen LogP) is 6.47. The molecule has 3 amide bonds. The number of amides is 3. The number of rotatable bonds is 6. The lowest BCUT2D eigenvalue weighted by atomic mass is 9.92. The molecule has 1 heterocycles. The molecule has 0 saturated heterocycles. The molecule has 0 saturated carbocycles. The Hall–Kier alpha value is -2.84. The fourth-order valence-corrected chi connectivity index (χ4v) is 3.73. The lowest BCUT2D eigenvalue weighted by molar-refractivity contribution is -0.117. The molecule has 0 unspecified atom stereocenters. The Kier molecular flexibility index (Phi) is 8.05. The van der Waals surface area contributed by atoms with Crippen LogP contribution in [0.15, 0.2) is 59.1 Å². The van der Waals surface area contributed by atoms with Crippen LogP contribution in [0.1, 0.15) is 40.3 Å². The predicted molar refractivity (Wildman–Crippen MR) is 141 cm³/mol. The van der Waals surface area contributed by atoms with E-state index in [1.807, 2.05) is 44.2 Å². The van der Waals surface area contributed by atoms with Gasteiger partial charge >= 0.3 is 6.03 Å². The van der Waals surface area contributed by atoms with E-state index < -0.39 is 0 Å². The molecule has 7 nitrogen and oxygen atoms in total. The molecule has 2 aromatic carbocycles. The van der Waals surface area contributed by atoms with Crippen LogP contribution in [0.2, 0.25) is 5.02 Å². The second-order valence-electron chi connectivity index (χ2n) is 9.26. The molecule has 0 fully saturated rings. The topological polar surface area (TPSA) is 79.3 Å². The third-order valence-electron chi connectivity index (χ3n) is 5.09. The molecule has 0 aliphatic heterocycles. The van der Waals surface area contributed by atoms with E-state index in [1.54, 1.807) is 28.9 Å². The zero-order valence-corrected chi connectivity index (χ0v) is 22.2. The van der Waals surface area contributed by atoms with Gasteiger partial charge in [-0.1, -0.05) is 54.4 Å². The summed E-state index contributed by atoms with van der Waals surface area (Å²) in [6.07, 6.45) is 0. The minimum atomic E-state index is -0.357. The van der Waals surface area contributed by atoms with E-state index in [1.165, 1.54) is 4.90 Å². The van der Waals surface area contributed by atoms with Crippen molar-refractivity contribution in [2.24, 2.45) is 0 Å². The molecule has 0 atom stereocenters. The first-order valence-corrected chi connectivity index (χ1v) is 12.1. The highest BCUT2D eigenvalue weighted by Crippen LogP contribution is 2.27. The van der Waals surface area contributed by atoms with Gasteiger partial charge in [-0.2, -0.15) is 5.10 Å². The summed E-state index contributed by atoms with van der Waals surface area (Å²) in [7, 11) is 0. The van der Waals surface area contributed by atoms with Crippen LogP contribution in [-0.4, -0.2) is 39.2 Å². The van der Waals surface area contributed by atoms with Crippen LogP contribution >= 0.6 is 27.5 Å². The molecule has 0 aliphatic carbocycles. The van der Waals surface area contributed by atoms with Gasteiger partial charge in [0, 0.05) is 32.7 Å². The number of aromatic nitrogens is 2. The summed E-state index contributed by atoms with van der Waals surface area (Å²) in [4.78, 5) is 27.4. The van der Waals surface area contributed by atoms with Crippen molar-refractivity contribution in [1.29, 1.82) is 0 Å². The van der Waals surface area contributed by atoms with Crippen molar-refractivity contribution >= 4 is 51.0 Å². The molecule has 0 radical (unpaired) electrons. The van der Waals surface area contributed by atoms with Crippen molar-refractivity contribution < 1.29 is 9.59 Å². The van der Waals surface area contributed by atoms with E-state index in [0.717, 1.165) is 15.9 Å². The second kappa shape index (κ2) is 10.6. The van der Waals surface area contributed by atoms with Gasteiger partial charge in [-0.3, -0.25) is 4.79 Å². The van der Waals surface area contributed by atoms with E-state index in [4.69, 9.17) is 16.7 Å². The Labute approximate surface area is 213 Å². The molecule has 1 aromatic heterocycles. The lowest BCUT2D eigenvalue weighted by Crippen LogP contribution is -2.44. The monoisotopic (exact) mass is 545 g/mol. The van der Waals surface area contributed by atoms with E-state index in [-0.39, 0.29) is 29.9 Å². The smallest absolute Gasteiger partial charge is 0.313 e. The minimum absolute atomic E-state index is 0.117. The molecule has 180 valence electrons. The number of halogens is 2. The standard InChI is InChI=1S/C25H29BrClN5O2/c1-16(2)31(24(34)28-19-8-6-7-17(26)13-19)15-23(33)29-22-14-21(25(3,4)5)30-32(22)20-11-9-18(27)10-12-20/h6-14,16H,15H2,1-5H3,(H,28,34)(H,29,33). The van der Waals surface area contributed by atoms with Crippen LogP contribution in [0, 0.1) is 0 Å². The largest absolute Gasteiger partial charge is 0.322 e. The van der Waals surface area contributed by atoms with Gasteiger partial charge < -0.3 is 15.5 Å². The number of hydrogen-bond acceptors (Lipinski definition) is 3. The number of urea groups is 1. The molecule has 9 heteroatoms. The van der Waals surface area contributed by atoms with Crippen LogP contribution in [-0.2, 0) is 10.2 Å². The first kappa shape index (κ1) is 25.8. The number of hydrogen-bond donors (Lipinski definition) is 2. The van der Waals surface area contributed by atoms with Crippen LogP contribution in [0.4, 0.5) is 16.3 Å². The van der Waals surface area contributed by atoms with Gasteiger partial charge in [0.1, 0.15) is 12.4 Å². The average Bonchev–Trinajstić information content (AvgIpc) is 3.16. The highest BCUT2D eigenvalue weighted by molar-refractivity contribution is 9.10. The van der Waals surface area contributed by atoms with Crippen molar-refractivity contribution in [3.8, 4) is 5.69 Å². The van der Waals surface area contributed by atoms with Gasteiger partial charge in [-0.05, 0) is 56.3 Å². The highest BCUT2D eigenvalue weighted by atomic mass is 79.9. The highest BCUT2D eigenvalue weighted by Gasteiger charge is 2.24. The molecular weight excluding hydrogens is 518 g/mol. The Bertz CT molecular complexity index is 1170. The molecule has 3 rings (SSSR count). The summed E-state index contributed by atoms with van der Waals surface area (Å²) in [5, 5.41) is 11.1. The third-order valence-corrected chi connectivity index (χ3v) is 5.84. The zero-order valence-electron chi connectivity index (χ0n) is 19.9. The molecule has 0 bridgehead atoms. The maximum atomic E-state index is 13.0. The van der Waals surface area contributed by atoms with Gasteiger partial charge in [0.15, 0.2) is 0 Å². The normalized spacial score (nSPS) is 11.4. The van der Waals surface area contributed by atoms with Gasteiger partial charge in [-0.25, -0.2) is 9.48 Å². The number of nitrogens with zero attached hydrogens (tertiary/aromatic N) is 3. The first-order chi connectivity index (χ1) is 15.9. The van der Waals surface area contributed by atoms with Gasteiger partial charge in [0.2, 0.25) is 5.91 Å². The van der Waals surface area contributed by atoms with Crippen molar-refractivity contribution in [2.75, 3.05) is 17.2 Å². The molecule has 2 N–H and O–H groups in total. The lowest BCUT2D eigenvalue weighted by Gasteiger charge is -2.26. The van der Waals surface area contributed by atoms with Crippen LogP contribution in [0.3, 0.4) is 0 Å². The number of benzene rings is 2. The van der Waals surface area contributed by atoms with Crippen molar-refractivity contribution in [2.45, 2.75) is 46.1 Å². The molecule has 0 aliphatic rings. The molecular formula is C25H29BrClN5O2. The van der Waals surface area contributed by atoms with E-state index in [9.17, 15) is 9.59 Å². The fourth-order valence-electron chi connectivity index (χ4n) is 3.20. The molecule has 34 heavy (non-hydrogen) atoms. The van der Waals surface area contributed by atoms with Crippen LogP contribution in [0.25, 0.3) is 5.69 Å². The number of anilines is 2. The SMILES string of the molecule is CC(C)N(CC(=O)Nc1cc(C(C)(C)C)nn1-c1ccc(Cl)cc1)C(=O)Nc1cccc(Br)c1. The van der Waals surface area contributed by atoms with Gasteiger partial charge in [-0.15, -0.1) is 0 Å². The Morgan fingerprint density at radius 1 is 1.09 bits per heavy atom. The van der Waals surface area contributed by atoms with Crippen molar-refractivity contribution in [1.82, 2.24) is 14.7 Å². The molecule has 3 aromatic rings. The van der Waals surface area contributed by atoms with E-state index in [0.29, 0.717) is 16.5 Å². The maximum Gasteiger partial charge on any atom is 0.322 e. The van der Waals surface area contributed by atoms with Crippen molar-refractivity contribution in [3.63, 3.8) is 0 Å². The van der Waals surface area contributed by atoms with Gasteiger partial charge in [0.25, 0.3) is 0 Å². The maximum absolute atomic E-state index is 13.0. The zero-order chi connectivity index (χ0) is 25.0. The summed E-state index contributed by atoms with van der Waals surface area (Å²) in [6.45, 7) is 9.78. The average molecular weight is 547 g/mol. The summed E-state index contributed by atoms with van der Waals surface area (Å²) in [5.74, 6) is 0.196. The summed E-state index contributed by atoms with van der Waals surface area (Å²) < 4.78 is 2.53. The number of carbonyl (C=O) groups is 2. The quantitative estimate of drug-likeness (QED) is 0.372. The van der Waals surface area contributed by atoms with E-state index in [2.05, 4.69) is 47.3 Å². The van der Waals surface area contributed by atoms with Gasteiger partial charge in [0.05, 0.1) is 11.4 Å². The summed E-state index contributed by atoms with van der Waals surface area (Å²) >= 11 is 9.44. The van der Waals surface area contributed by atoms with E-state index >= 15 is 0 Å². The summed E-state index contributed by atoms with van der Waals surface area (Å²) in [5.41, 5.74) is 2.01. The van der Waals surface area contributed by atoms with Crippen LogP contribution in [0.5, 0.6) is 0 Å². The third kappa shape index (κ3) is 6.61. The first-order valence-electron chi connectivity index (χ1n) is 10.9.